The second-order valence-electron chi connectivity index (χ2n) is 7.92. The third kappa shape index (κ3) is 6.16. The minimum Gasteiger partial charge on any atom is -0.481 e. The number of benzene rings is 2. The Kier molecular flexibility index (Phi) is 9.16. The molecule has 0 aliphatic rings. The van der Waals surface area contributed by atoms with E-state index < -0.39 is 23.9 Å². The van der Waals surface area contributed by atoms with E-state index in [2.05, 4.69) is 9.97 Å². The van der Waals surface area contributed by atoms with Crippen LogP contribution in [0.25, 0.3) is 21.8 Å². The molecular weight excluding hydrogens is 586 g/mol. The van der Waals surface area contributed by atoms with Crippen molar-refractivity contribution >= 4 is 92.1 Å². The van der Waals surface area contributed by atoms with Crippen LogP contribution in [0, 0.1) is 0 Å². The number of aromatic amines is 2. The van der Waals surface area contributed by atoms with E-state index in [0.29, 0.717) is 43.0 Å². The van der Waals surface area contributed by atoms with Gasteiger partial charge in [-0.1, -0.05) is 58.5 Å². The number of aromatic carboxylic acids is 2. The predicted molar refractivity (Wildman–Crippen MR) is 142 cm³/mol. The molecule has 6 N–H and O–H groups in total. The summed E-state index contributed by atoms with van der Waals surface area (Å²) in [7, 11) is 0. The van der Waals surface area contributed by atoms with Gasteiger partial charge in [-0.25, -0.2) is 9.59 Å². The van der Waals surface area contributed by atoms with Crippen LogP contribution < -0.4 is 0 Å². The van der Waals surface area contributed by atoms with Crippen molar-refractivity contribution in [2.24, 2.45) is 0 Å². The van der Waals surface area contributed by atoms with Gasteiger partial charge in [0.2, 0.25) is 0 Å². The fourth-order valence-electron chi connectivity index (χ4n) is 3.87. The van der Waals surface area contributed by atoms with Crippen LogP contribution in [0.3, 0.4) is 0 Å². The van der Waals surface area contributed by atoms with Gasteiger partial charge in [-0.05, 0) is 36.1 Å². The lowest BCUT2D eigenvalue weighted by molar-refractivity contribution is -0.138. The summed E-state index contributed by atoms with van der Waals surface area (Å²) in [6.07, 6.45) is -0.106. The number of carbonyl (C=O) groups is 4. The number of fused-ring (bicyclic) bond motifs is 2. The maximum Gasteiger partial charge on any atom is 0.352 e. The van der Waals surface area contributed by atoms with Crippen LogP contribution in [-0.2, 0) is 22.4 Å². The number of carboxylic acid groups (broad SMARTS) is 4. The zero-order chi connectivity index (χ0) is 28.3. The molecule has 10 nitrogen and oxygen atoms in total. The molecule has 0 aliphatic heterocycles. The fourth-order valence-corrected chi connectivity index (χ4v) is 4.61. The second kappa shape index (κ2) is 12.0. The molecule has 200 valence electrons. The molecule has 0 bridgehead atoms. The summed E-state index contributed by atoms with van der Waals surface area (Å²) in [6.45, 7) is 0. The highest BCUT2D eigenvalue weighted by molar-refractivity contribution is 6.45. The molecule has 0 aliphatic carbocycles. The van der Waals surface area contributed by atoms with E-state index in [0.717, 1.165) is 0 Å². The third-order valence-corrected chi connectivity index (χ3v) is 7.16. The molecule has 0 saturated carbocycles. The van der Waals surface area contributed by atoms with E-state index in [1.165, 1.54) is 0 Å². The Morgan fingerprint density at radius 2 is 0.947 bits per heavy atom. The summed E-state index contributed by atoms with van der Waals surface area (Å²) in [5.41, 5.74) is 1.55. The number of aliphatic carboxylic acids is 2. The third-order valence-electron chi connectivity index (χ3n) is 5.55. The van der Waals surface area contributed by atoms with Crippen molar-refractivity contribution in [3.05, 3.63) is 66.9 Å². The molecule has 4 rings (SSSR count). The van der Waals surface area contributed by atoms with Crippen LogP contribution in [0.2, 0.25) is 20.1 Å². The summed E-state index contributed by atoms with van der Waals surface area (Å²) in [4.78, 5) is 49.0. The van der Waals surface area contributed by atoms with Crippen LogP contribution in [0.15, 0.2) is 24.3 Å². The molecular formula is C24H18Cl4N2O8. The summed E-state index contributed by atoms with van der Waals surface area (Å²) < 4.78 is 0. The minimum atomic E-state index is -1.16. The molecule has 38 heavy (non-hydrogen) atoms. The molecule has 2 heterocycles. The largest absolute Gasteiger partial charge is 0.481 e. The molecule has 4 aromatic rings. The van der Waals surface area contributed by atoms with E-state index in [1.54, 1.807) is 24.3 Å². The quantitative estimate of drug-likeness (QED) is 0.134. The maximum atomic E-state index is 11.2. The van der Waals surface area contributed by atoms with Crippen molar-refractivity contribution < 1.29 is 39.6 Å². The topological polar surface area (TPSA) is 181 Å². The number of hydrogen-bond acceptors (Lipinski definition) is 4. The molecule has 0 spiro atoms. The number of aryl methyl sites for hydroxylation is 2. The van der Waals surface area contributed by atoms with Crippen molar-refractivity contribution in [1.82, 2.24) is 9.97 Å². The highest BCUT2D eigenvalue weighted by Crippen LogP contribution is 2.35. The van der Waals surface area contributed by atoms with E-state index >= 15 is 0 Å². The first-order valence-corrected chi connectivity index (χ1v) is 12.2. The lowest BCUT2D eigenvalue weighted by Gasteiger charge is -2.00. The second-order valence-corrected chi connectivity index (χ2v) is 9.49. The zero-order valence-electron chi connectivity index (χ0n) is 19.1. The van der Waals surface area contributed by atoms with Gasteiger partial charge in [-0.2, -0.15) is 0 Å². The Bertz CT molecular complexity index is 1470. The first-order chi connectivity index (χ1) is 17.8. The molecule has 14 heteroatoms. The first-order valence-electron chi connectivity index (χ1n) is 10.7. The Labute approximate surface area is 233 Å². The molecule has 0 unspecified atom stereocenters. The smallest absolute Gasteiger partial charge is 0.352 e. The van der Waals surface area contributed by atoms with Crippen LogP contribution >= 0.6 is 46.4 Å². The van der Waals surface area contributed by atoms with Crippen LogP contribution in [-0.4, -0.2) is 54.3 Å². The van der Waals surface area contributed by atoms with Crippen molar-refractivity contribution in [3.8, 4) is 0 Å². The standard InChI is InChI=1S/2C12H9Cl2NO4/c2*13-7-3-1-5-6(2-4-8(16)17)11(12(18)19)15-10(5)9(7)14/h2*1,3,15H,2,4H2,(H,16,17)(H,18,19). The van der Waals surface area contributed by atoms with Gasteiger partial charge in [0.25, 0.3) is 0 Å². The van der Waals surface area contributed by atoms with Crippen molar-refractivity contribution in [2.45, 2.75) is 25.7 Å². The lowest BCUT2D eigenvalue weighted by atomic mass is 10.1. The van der Waals surface area contributed by atoms with Crippen LogP contribution in [0.1, 0.15) is 44.9 Å². The van der Waals surface area contributed by atoms with E-state index in [9.17, 15) is 19.2 Å². The van der Waals surface area contributed by atoms with Gasteiger partial charge in [-0.3, -0.25) is 9.59 Å². The van der Waals surface area contributed by atoms with Crippen molar-refractivity contribution in [3.63, 3.8) is 0 Å². The van der Waals surface area contributed by atoms with Gasteiger partial charge in [0.15, 0.2) is 0 Å². The van der Waals surface area contributed by atoms with E-state index in [4.69, 9.17) is 66.8 Å². The minimum absolute atomic E-state index is 0.0552. The molecule has 0 fully saturated rings. The molecule has 0 atom stereocenters. The average molecular weight is 604 g/mol. The summed E-state index contributed by atoms with van der Waals surface area (Å²) in [5, 5.41) is 37.9. The van der Waals surface area contributed by atoms with Gasteiger partial charge in [0.1, 0.15) is 11.4 Å². The van der Waals surface area contributed by atoms with Crippen molar-refractivity contribution in [2.75, 3.05) is 0 Å². The molecule has 2 aromatic heterocycles. The molecule has 0 saturated heterocycles. The number of H-pyrrole nitrogens is 2. The number of aromatic nitrogens is 2. The highest BCUT2D eigenvalue weighted by atomic mass is 35.5. The maximum absolute atomic E-state index is 11.2. The van der Waals surface area contributed by atoms with Gasteiger partial charge < -0.3 is 30.4 Å². The monoisotopic (exact) mass is 602 g/mol. The van der Waals surface area contributed by atoms with E-state index in [1.807, 2.05) is 0 Å². The van der Waals surface area contributed by atoms with Gasteiger partial charge in [-0.15, -0.1) is 0 Å². The molecule has 0 radical (unpaired) electrons. The predicted octanol–water partition coefficient (Wildman–Crippen LogP) is 6.38. The molecule has 0 amide bonds. The Hall–Kier alpha value is -3.44. The summed E-state index contributed by atoms with van der Waals surface area (Å²) >= 11 is 23.7. The van der Waals surface area contributed by atoms with E-state index in [-0.39, 0.29) is 47.1 Å². The Morgan fingerprint density at radius 3 is 1.24 bits per heavy atom. The van der Waals surface area contributed by atoms with Crippen molar-refractivity contribution in [1.29, 1.82) is 0 Å². The van der Waals surface area contributed by atoms with Gasteiger partial charge >= 0.3 is 23.9 Å². The number of nitrogens with one attached hydrogen (secondary N) is 2. The number of hydrogen-bond donors (Lipinski definition) is 6. The zero-order valence-corrected chi connectivity index (χ0v) is 22.1. The summed E-state index contributed by atoms with van der Waals surface area (Å²) in [5.74, 6) is -4.32. The average Bonchev–Trinajstić information content (AvgIpc) is 3.41. The number of carboxylic acids is 4. The number of halogens is 4. The van der Waals surface area contributed by atoms with Gasteiger partial charge in [0, 0.05) is 23.6 Å². The highest BCUT2D eigenvalue weighted by Gasteiger charge is 2.21. The molecule has 2 aromatic carbocycles. The Morgan fingerprint density at radius 1 is 0.605 bits per heavy atom. The first kappa shape index (κ1) is 29.1. The summed E-state index contributed by atoms with van der Waals surface area (Å²) in [6, 6.07) is 6.36. The number of rotatable bonds is 8. The van der Waals surface area contributed by atoms with Crippen LogP contribution in [0.5, 0.6) is 0 Å². The van der Waals surface area contributed by atoms with Crippen LogP contribution in [0.4, 0.5) is 0 Å². The fraction of sp³-hybridized carbons (Fsp3) is 0.167. The SMILES string of the molecule is O=C(O)CCc1c(C(=O)O)[nH]c2c(Cl)c(Cl)ccc12.O=C(O)CCc1c(C(=O)O)[nH]c2c(Cl)c(Cl)ccc12. The van der Waals surface area contributed by atoms with Gasteiger partial charge in [0.05, 0.1) is 31.1 Å². The lowest BCUT2D eigenvalue weighted by Crippen LogP contribution is -2.04. The normalized spacial score (nSPS) is 10.8. The Balaban J connectivity index is 0.000000211.